The smallest absolute Gasteiger partial charge is 0.265 e. The highest BCUT2D eigenvalue weighted by Gasteiger charge is 2.48. The summed E-state index contributed by atoms with van der Waals surface area (Å²) in [6.07, 6.45) is 1.26. The molecule has 18 rings (SSSR count). The average molecular weight is 1790 g/mol. The molecule has 1 unspecified atom stereocenters. The molecule has 596 valence electrons. The normalized spacial score (nSPS) is 22.5. The number of hydrogen-bond acceptors (Lipinski definition) is 25. The summed E-state index contributed by atoms with van der Waals surface area (Å²) < 4.78 is 139. The fraction of sp³-hybridized carbons (Fsp3) is 0.486. The van der Waals surface area contributed by atoms with Crippen LogP contribution in [0, 0.1) is 0 Å². The predicted molar refractivity (Wildman–Crippen MR) is 458 cm³/mol. The summed E-state index contributed by atoms with van der Waals surface area (Å²) in [6.45, 7) is 39.9. The fourth-order valence-corrected chi connectivity index (χ4v) is 35.2. The van der Waals surface area contributed by atoms with Gasteiger partial charge in [-0.3, -0.25) is 18.1 Å². The van der Waals surface area contributed by atoms with Crippen molar-refractivity contribution in [1.82, 2.24) is 13.7 Å². The number of nitrogens with one attached hydrogen (secondary N) is 3. The van der Waals surface area contributed by atoms with Gasteiger partial charge in [-0.05, 0) is 130 Å². The Hall–Kier alpha value is -4.15. The molecule has 0 aliphatic carbocycles. The number of carbonyl (C=O) groups excluding carboxylic acids is 2. The third kappa shape index (κ3) is 17.8. The first-order valence-corrected chi connectivity index (χ1v) is 52.7. The van der Waals surface area contributed by atoms with Crippen LogP contribution in [-0.4, -0.2) is 119 Å². The molecule has 109 heavy (non-hydrogen) atoms. The topological polar surface area (TPSA) is 274 Å². The number of amides is 2. The number of rotatable bonds is 1. The van der Waals surface area contributed by atoms with E-state index in [0.29, 0.717) is 49.0 Å². The van der Waals surface area contributed by atoms with Crippen molar-refractivity contribution in [2.24, 2.45) is 0 Å². The van der Waals surface area contributed by atoms with Gasteiger partial charge in [0.25, 0.3) is 15.9 Å². The highest BCUT2D eigenvalue weighted by molar-refractivity contribution is 8.00. The first kappa shape index (κ1) is 87.2. The average Bonchev–Trinajstić information content (AvgIpc) is 1.74. The lowest BCUT2D eigenvalue weighted by atomic mass is 9.89. The molecule has 3 N–H and O–H groups in total. The minimum Gasteiger partial charge on any atom is -0.491 e. The largest absolute Gasteiger partial charge is 0.491 e. The summed E-state index contributed by atoms with van der Waals surface area (Å²) in [6, 6.07) is 12.9. The van der Waals surface area contributed by atoms with Gasteiger partial charge in [0.2, 0.25) is 36.0 Å². The number of sulfone groups is 1. The molecule has 9 aliphatic heterocycles. The van der Waals surface area contributed by atoms with Crippen molar-refractivity contribution in [3.63, 3.8) is 0 Å². The van der Waals surface area contributed by atoms with Crippen LogP contribution in [0.15, 0.2) is 126 Å². The Morgan fingerprint density at radius 2 is 1.06 bits per heavy atom. The molecule has 9 aromatic rings. The molecule has 0 spiro atoms. The van der Waals surface area contributed by atoms with E-state index in [-0.39, 0.29) is 37.7 Å². The summed E-state index contributed by atoms with van der Waals surface area (Å²) in [5.74, 6) is 2.43. The second-order valence-electron chi connectivity index (χ2n) is 33.1. The lowest BCUT2D eigenvalue weighted by Crippen LogP contribution is -2.47. The molecule has 9 aliphatic rings. The predicted octanol–water partition coefficient (Wildman–Crippen LogP) is 17.3. The molecule has 9 aromatic heterocycles. The van der Waals surface area contributed by atoms with Gasteiger partial charge in [-0.2, -0.15) is 4.31 Å². The van der Waals surface area contributed by atoms with Crippen LogP contribution >= 0.6 is 114 Å². The summed E-state index contributed by atoms with van der Waals surface area (Å²) >= 11 is 16.4. The molecule has 0 aromatic carbocycles. The van der Waals surface area contributed by atoms with E-state index in [1.54, 1.807) is 125 Å². The Bertz CT molecular complexity index is 5380. The van der Waals surface area contributed by atoms with Gasteiger partial charge in [0.1, 0.15) is 15.4 Å². The molecule has 0 radical (unpaired) electrons. The van der Waals surface area contributed by atoms with E-state index in [0.717, 1.165) is 50.6 Å². The zero-order valence-electron chi connectivity index (χ0n) is 64.5. The molecule has 2 amide bonds. The molecule has 0 saturated carbocycles. The Labute approximate surface area is 686 Å². The maximum atomic E-state index is 11.9. The maximum Gasteiger partial charge on any atom is 0.265 e. The first-order chi connectivity index (χ1) is 50.0. The van der Waals surface area contributed by atoms with Crippen LogP contribution in [0.1, 0.15) is 180 Å². The van der Waals surface area contributed by atoms with Gasteiger partial charge < -0.3 is 10.1 Å². The van der Waals surface area contributed by atoms with Gasteiger partial charge in [-0.1, -0.05) is 96.9 Å². The molecule has 0 fully saturated rings. The molecule has 18 heterocycles. The molecule has 19 nitrogen and oxygen atoms in total. The van der Waals surface area contributed by atoms with E-state index in [1.807, 2.05) is 79.4 Å². The molecule has 0 bridgehead atoms. The molecule has 35 heteroatoms. The van der Waals surface area contributed by atoms with Crippen molar-refractivity contribution in [2.75, 3.05) is 66.4 Å². The first-order valence-electron chi connectivity index (χ1n) is 34.4. The number of likely N-dealkylation sites (N-methyl/N-ethyl adjacent to an activating group) is 1. The standard InChI is InChI=1S/2C9H13NO2S2.2C8H9NO3S2.C8H11NS.C8H10O2S2.C8H10OS2.C8H10OS.C8H10S2/c1-9(2)6-10(14(3,11)12)8-5-13-4-7(8)9;1-9(2)6-10(3)14(11,12)7-4-5-13-8(7)9;1-8(2)6-5(3-4-13-6)14(11,12)9-7(8)10;1-8(2)6-5(3-4-13-6)7(10)9-14(8,11)12;1-8(2)5-9-7-4-10-3-6(7)8;1-8(2)5-12(9,10)6-3-4-11-7(6)8;1-8(2)5-11(9)6-3-4-10-7(6)8;1-8(2)5-9-6-3-4-10-7(6)8;1-8(2)5-10-6-3-4-9-7(6)8/h2*4-5H,6H2,1-3H3;2*3-4H,1-2H3,(H,9,10);3-4,9H,5H2,1-2H3;3-4H,5H2,1-2H3;3-4H,5H2,1-2H3;2*3-4H,5H2,1-2H3. The van der Waals surface area contributed by atoms with Crippen LogP contribution in [0.5, 0.6) is 5.75 Å². The van der Waals surface area contributed by atoms with Crippen molar-refractivity contribution < 1.29 is 60.6 Å². The molecular weight excluding hydrogens is 1700 g/mol. The van der Waals surface area contributed by atoms with Crippen LogP contribution < -0.4 is 23.8 Å². The SMILES string of the molecule is CC1(C)C(=O)NS(=O)(=O)c2ccsc21.CC1(C)CN(S(C)(=O)=O)c2cscc21.CC1(C)CNc2cscc21.CC1(C)COc2ccsc21.CC1(C)CS(=O)(=O)c2ccsc21.CC1(C)CS(=O)c2ccsc21.CC1(C)CSc2ccsc21.CC1(C)c2sccc2C(=O)NS1(=O)=O.CN1CC(C)(C)c2sccc2S1(=O)=O. The molecule has 0 saturated heterocycles. The van der Waals surface area contributed by atoms with Crippen LogP contribution in [0.4, 0.5) is 11.4 Å². The zero-order chi connectivity index (χ0) is 80.9. The number of nitrogens with zero attached hydrogens (tertiary/aromatic N) is 2. The van der Waals surface area contributed by atoms with Crippen molar-refractivity contribution >= 4 is 198 Å². The van der Waals surface area contributed by atoms with E-state index >= 15 is 0 Å². The summed E-state index contributed by atoms with van der Waals surface area (Å²) in [4.78, 5) is 34.2. The number of sulfonamides is 4. The number of fused-ring (bicyclic) bond motifs is 9. The lowest BCUT2D eigenvalue weighted by molar-refractivity contribution is -0.124. The van der Waals surface area contributed by atoms with Gasteiger partial charge in [0.05, 0.1) is 65.6 Å². The fourth-order valence-electron chi connectivity index (χ4n) is 13.4. The van der Waals surface area contributed by atoms with Crippen LogP contribution in [0.3, 0.4) is 0 Å². The number of anilines is 2. The van der Waals surface area contributed by atoms with E-state index in [2.05, 4.69) is 122 Å². The van der Waals surface area contributed by atoms with Crippen molar-refractivity contribution in [3.05, 3.63) is 152 Å². The van der Waals surface area contributed by atoms with E-state index < -0.39 is 82.7 Å². The van der Waals surface area contributed by atoms with Crippen LogP contribution in [-0.2, 0) is 114 Å². The third-order valence-corrected chi connectivity index (χ3v) is 42.6. The van der Waals surface area contributed by atoms with Gasteiger partial charge in [0.15, 0.2) is 9.84 Å². The minimum atomic E-state index is -3.61. The second kappa shape index (κ2) is 31.1. The number of thioether (sulfide) groups is 1. The van der Waals surface area contributed by atoms with Gasteiger partial charge in [0, 0.05) is 127 Å². The van der Waals surface area contributed by atoms with Crippen molar-refractivity contribution in [1.29, 1.82) is 0 Å². The Morgan fingerprint density at radius 1 is 0.523 bits per heavy atom. The number of hydrogen-bond donors (Lipinski definition) is 3. The maximum absolute atomic E-state index is 11.9. The van der Waals surface area contributed by atoms with Crippen molar-refractivity contribution in [3.8, 4) is 5.75 Å². The molecular formula is C74H95N5O14S16. The van der Waals surface area contributed by atoms with E-state index in [9.17, 15) is 55.9 Å². The lowest BCUT2D eigenvalue weighted by Gasteiger charge is -2.34. The van der Waals surface area contributed by atoms with E-state index in [4.69, 9.17) is 4.74 Å². The highest BCUT2D eigenvalue weighted by atomic mass is 32.2. The van der Waals surface area contributed by atoms with Gasteiger partial charge in [-0.25, -0.2) is 51.5 Å². The van der Waals surface area contributed by atoms with Crippen LogP contribution in [0.2, 0.25) is 0 Å². The van der Waals surface area contributed by atoms with Gasteiger partial charge >= 0.3 is 0 Å². The quantitative estimate of drug-likeness (QED) is 0.138. The van der Waals surface area contributed by atoms with Crippen molar-refractivity contribution in [2.45, 2.75) is 197 Å². The monoisotopic (exact) mass is 1790 g/mol. The highest BCUT2D eigenvalue weighted by Crippen LogP contribution is 2.49. The summed E-state index contributed by atoms with van der Waals surface area (Å²) in [7, 11) is -15.6. The molecule has 1 atom stereocenters. The Balaban J connectivity index is 0.000000131. The number of ether oxygens (including phenoxy) is 1. The number of carbonyl (C=O) groups is 2. The van der Waals surface area contributed by atoms with Gasteiger partial charge in [-0.15, -0.1) is 114 Å². The van der Waals surface area contributed by atoms with Crippen LogP contribution in [0.25, 0.3) is 0 Å². The number of thiophene rings is 9. The Kier molecular flexibility index (Phi) is 24.9. The zero-order valence-corrected chi connectivity index (χ0v) is 77.5. The Morgan fingerprint density at radius 3 is 1.68 bits per heavy atom. The summed E-state index contributed by atoms with van der Waals surface area (Å²) in [5, 5.41) is 25.2. The van der Waals surface area contributed by atoms with E-state index in [1.165, 1.54) is 86.6 Å². The third-order valence-electron chi connectivity index (χ3n) is 19.7. The summed E-state index contributed by atoms with van der Waals surface area (Å²) in [5.41, 5.74) is 5.44. The second-order valence-corrected chi connectivity index (χ2v) is 53.2. The minimum absolute atomic E-state index is 0.0571.